The second kappa shape index (κ2) is 9.57. The summed E-state index contributed by atoms with van der Waals surface area (Å²) in [4.78, 5) is 0. The molecule has 1 aromatic rings. The van der Waals surface area contributed by atoms with E-state index in [1.807, 2.05) is 0 Å². The van der Waals surface area contributed by atoms with Crippen molar-refractivity contribution in [2.45, 2.75) is 6.18 Å². The number of halogens is 5. The lowest BCUT2D eigenvalue weighted by molar-refractivity contribution is -0.139. The van der Waals surface area contributed by atoms with Gasteiger partial charge in [-0.05, 0) is 18.2 Å². The summed E-state index contributed by atoms with van der Waals surface area (Å²) in [5, 5.41) is 17.0. The minimum atomic E-state index is -4.46. The number of aliphatic hydroxyl groups excluding tert-OH is 2. The van der Waals surface area contributed by atoms with Crippen molar-refractivity contribution < 1.29 is 28.1 Å². The molecule has 0 heterocycles. The molecule has 0 amide bonds. The van der Waals surface area contributed by atoms with E-state index in [0.29, 0.717) is 9.80 Å². The Kier molecular flexibility index (Phi) is 9.42. The monoisotopic (exact) mass is 408 g/mol. The summed E-state index contributed by atoms with van der Waals surface area (Å²) in [7, 11) is 0. The largest absolute Gasteiger partial charge is 0.491 e. The van der Waals surface area contributed by atoms with E-state index in [-0.39, 0.29) is 25.6 Å². The molecule has 0 fully saturated rings. The molecule has 0 aliphatic rings. The van der Waals surface area contributed by atoms with Gasteiger partial charge in [0.05, 0.1) is 18.8 Å². The molecule has 0 aromatic heterocycles. The normalized spacial score (nSPS) is 10.7. The molecule has 0 spiro atoms. The first-order valence-electron chi connectivity index (χ1n) is 5.14. The SMILES string of the molecule is OCCBr.OCCOc1ccc(Br)cc1C(F)(F)F. The van der Waals surface area contributed by atoms with Crippen LogP contribution < -0.4 is 4.74 Å². The Morgan fingerprint density at radius 1 is 1.16 bits per heavy atom. The second-order valence-electron chi connectivity index (χ2n) is 3.12. The van der Waals surface area contributed by atoms with Crippen LogP contribution in [0.15, 0.2) is 22.7 Å². The average Bonchev–Trinajstić information content (AvgIpc) is 2.36. The Hall–Kier alpha value is -0.310. The lowest BCUT2D eigenvalue weighted by Gasteiger charge is -2.13. The molecule has 19 heavy (non-hydrogen) atoms. The molecule has 1 aromatic carbocycles. The third-order valence-electron chi connectivity index (χ3n) is 1.68. The van der Waals surface area contributed by atoms with Gasteiger partial charge < -0.3 is 14.9 Å². The van der Waals surface area contributed by atoms with Crippen LogP contribution in [0.5, 0.6) is 5.75 Å². The molecule has 1 rings (SSSR count). The van der Waals surface area contributed by atoms with Crippen molar-refractivity contribution in [3.8, 4) is 5.75 Å². The summed E-state index contributed by atoms with van der Waals surface area (Å²) in [6.45, 7) is -0.252. The fraction of sp³-hybridized carbons (Fsp3) is 0.455. The van der Waals surface area contributed by atoms with Crippen LogP contribution in [0.4, 0.5) is 13.2 Å². The number of ether oxygens (including phenoxy) is 1. The molecule has 0 atom stereocenters. The van der Waals surface area contributed by atoms with Crippen molar-refractivity contribution >= 4 is 31.9 Å². The molecule has 0 bridgehead atoms. The molecule has 0 saturated heterocycles. The molecule has 2 N–H and O–H groups in total. The Bertz CT molecular complexity index is 371. The van der Waals surface area contributed by atoms with E-state index in [2.05, 4.69) is 31.9 Å². The zero-order chi connectivity index (χ0) is 14.9. The van der Waals surface area contributed by atoms with Gasteiger partial charge >= 0.3 is 6.18 Å². The van der Waals surface area contributed by atoms with Crippen LogP contribution in [0, 0.1) is 0 Å². The topological polar surface area (TPSA) is 49.7 Å². The maximum atomic E-state index is 12.5. The first-order valence-corrected chi connectivity index (χ1v) is 7.05. The average molecular weight is 410 g/mol. The van der Waals surface area contributed by atoms with E-state index in [0.717, 1.165) is 6.07 Å². The summed E-state index contributed by atoms with van der Waals surface area (Å²) in [5.74, 6) is -0.278. The Balaban J connectivity index is 0.000000711. The maximum Gasteiger partial charge on any atom is 0.420 e. The first-order chi connectivity index (χ1) is 8.86. The molecule has 3 nitrogen and oxygen atoms in total. The quantitative estimate of drug-likeness (QED) is 0.750. The fourth-order valence-corrected chi connectivity index (χ4v) is 1.37. The van der Waals surface area contributed by atoms with E-state index in [4.69, 9.17) is 14.9 Å². The minimum Gasteiger partial charge on any atom is -0.491 e. The number of benzene rings is 1. The fourth-order valence-electron chi connectivity index (χ4n) is 1.01. The summed E-state index contributed by atoms with van der Waals surface area (Å²) in [5.41, 5.74) is -0.856. The third-order valence-corrected chi connectivity index (χ3v) is 2.53. The van der Waals surface area contributed by atoms with Crippen LogP contribution in [-0.2, 0) is 6.18 Å². The van der Waals surface area contributed by atoms with E-state index >= 15 is 0 Å². The van der Waals surface area contributed by atoms with Crippen LogP contribution in [0.25, 0.3) is 0 Å². The highest BCUT2D eigenvalue weighted by atomic mass is 79.9. The minimum absolute atomic E-state index is 0.162. The summed E-state index contributed by atoms with van der Waals surface area (Å²) in [6, 6.07) is 3.59. The predicted molar refractivity (Wildman–Crippen MR) is 72.6 cm³/mol. The van der Waals surface area contributed by atoms with Gasteiger partial charge in [-0.25, -0.2) is 0 Å². The summed E-state index contributed by atoms with van der Waals surface area (Å²) >= 11 is 5.95. The zero-order valence-electron chi connectivity index (χ0n) is 9.75. The van der Waals surface area contributed by atoms with Gasteiger partial charge in [0.25, 0.3) is 0 Å². The van der Waals surface area contributed by atoms with Crippen LogP contribution in [-0.4, -0.2) is 35.4 Å². The summed E-state index contributed by atoms with van der Waals surface area (Å²) < 4.78 is 42.6. The van der Waals surface area contributed by atoms with Gasteiger partial charge in [0.2, 0.25) is 0 Å². The van der Waals surface area contributed by atoms with Crippen LogP contribution >= 0.6 is 31.9 Å². The smallest absolute Gasteiger partial charge is 0.420 e. The highest BCUT2D eigenvalue weighted by Crippen LogP contribution is 2.37. The van der Waals surface area contributed by atoms with Crippen LogP contribution in [0.2, 0.25) is 0 Å². The van der Waals surface area contributed by atoms with E-state index < -0.39 is 11.7 Å². The Morgan fingerprint density at radius 2 is 1.74 bits per heavy atom. The van der Waals surface area contributed by atoms with Gasteiger partial charge in [0.1, 0.15) is 12.4 Å². The molecule has 0 unspecified atom stereocenters. The Labute approximate surface area is 125 Å². The zero-order valence-corrected chi connectivity index (χ0v) is 12.9. The predicted octanol–water partition coefficient (Wildman–Crippen LogP) is 3.21. The molecular weight excluding hydrogens is 397 g/mol. The number of hydrogen-bond acceptors (Lipinski definition) is 3. The van der Waals surface area contributed by atoms with Crippen LogP contribution in [0.1, 0.15) is 5.56 Å². The van der Waals surface area contributed by atoms with Gasteiger partial charge in [0, 0.05) is 9.80 Å². The first kappa shape index (κ1) is 18.7. The Morgan fingerprint density at radius 3 is 2.16 bits per heavy atom. The maximum absolute atomic E-state index is 12.5. The third kappa shape index (κ3) is 7.76. The molecular formula is C11H13Br2F3O3. The van der Waals surface area contributed by atoms with Crippen molar-refractivity contribution in [1.82, 2.24) is 0 Å². The number of rotatable bonds is 4. The molecule has 8 heteroatoms. The molecule has 110 valence electrons. The lowest BCUT2D eigenvalue weighted by atomic mass is 10.2. The van der Waals surface area contributed by atoms with Crippen LogP contribution in [0.3, 0.4) is 0 Å². The second-order valence-corrected chi connectivity index (χ2v) is 4.83. The van der Waals surface area contributed by atoms with Crippen molar-refractivity contribution in [1.29, 1.82) is 0 Å². The molecule has 0 aliphatic heterocycles. The van der Waals surface area contributed by atoms with Crippen molar-refractivity contribution in [3.63, 3.8) is 0 Å². The van der Waals surface area contributed by atoms with Crippen molar-refractivity contribution in [2.24, 2.45) is 0 Å². The van der Waals surface area contributed by atoms with Gasteiger partial charge in [-0.15, -0.1) is 0 Å². The summed E-state index contributed by atoms with van der Waals surface area (Å²) in [6.07, 6.45) is -4.46. The van der Waals surface area contributed by atoms with E-state index in [1.165, 1.54) is 12.1 Å². The number of aliphatic hydroxyl groups is 2. The number of alkyl halides is 4. The van der Waals surface area contributed by atoms with E-state index in [1.54, 1.807) is 0 Å². The standard InChI is InChI=1S/C9H8BrF3O2.C2H5BrO/c10-6-1-2-8(15-4-3-14)7(5-6)9(11,12)13;3-1-2-4/h1-2,5,14H,3-4H2;4H,1-2H2. The van der Waals surface area contributed by atoms with Gasteiger partial charge in [0.15, 0.2) is 0 Å². The van der Waals surface area contributed by atoms with Gasteiger partial charge in [-0.3, -0.25) is 0 Å². The van der Waals surface area contributed by atoms with Gasteiger partial charge in [-0.2, -0.15) is 13.2 Å². The lowest BCUT2D eigenvalue weighted by Crippen LogP contribution is -2.10. The van der Waals surface area contributed by atoms with E-state index in [9.17, 15) is 13.2 Å². The highest BCUT2D eigenvalue weighted by molar-refractivity contribution is 9.10. The number of hydrogen-bond donors (Lipinski definition) is 2. The highest BCUT2D eigenvalue weighted by Gasteiger charge is 2.34. The molecule has 0 saturated carbocycles. The van der Waals surface area contributed by atoms with Crippen molar-refractivity contribution in [2.75, 3.05) is 25.2 Å². The van der Waals surface area contributed by atoms with Crippen molar-refractivity contribution in [3.05, 3.63) is 28.2 Å². The van der Waals surface area contributed by atoms with Gasteiger partial charge in [-0.1, -0.05) is 31.9 Å². The molecule has 0 aliphatic carbocycles. The molecule has 0 radical (unpaired) electrons.